The van der Waals surface area contributed by atoms with Gasteiger partial charge in [0, 0.05) is 38.1 Å². The van der Waals surface area contributed by atoms with Crippen molar-refractivity contribution in [1.82, 2.24) is 15.2 Å². The number of rotatable bonds is 6. The highest BCUT2D eigenvalue weighted by molar-refractivity contribution is 6.01. The largest absolute Gasteiger partial charge is 0.454 e. The summed E-state index contributed by atoms with van der Waals surface area (Å²) in [4.78, 5) is 41.1. The van der Waals surface area contributed by atoms with Crippen LogP contribution in [0.3, 0.4) is 0 Å². The molecule has 10 heteroatoms. The van der Waals surface area contributed by atoms with E-state index >= 15 is 0 Å². The molecule has 0 aliphatic heterocycles. The van der Waals surface area contributed by atoms with Crippen LogP contribution in [0.5, 0.6) is 11.5 Å². The number of carbonyl (C=O) groups excluding carboxylic acids is 3. The molecule has 0 radical (unpaired) electrons. The Morgan fingerprint density at radius 3 is 2.45 bits per heavy atom. The highest BCUT2D eigenvalue weighted by atomic mass is 19.1. The first kappa shape index (κ1) is 23.2. The minimum absolute atomic E-state index is 0.0400. The van der Waals surface area contributed by atoms with E-state index in [-0.39, 0.29) is 35.5 Å². The van der Waals surface area contributed by atoms with Crippen molar-refractivity contribution in [2.45, 2.75) is 6.42 Å². The smallest absolute Gasteiger partial charge is 0.325 e. The molecule has 0 aliphatic carbocycles. The third-order valence-electron chi connectivity index (χ3n) is 4.25. The van der Waals surface area contributed by atoms with Gasteiger partial charge in [-0.05, 0) is 23.8 Å². The number of hydrogen-bond acceptors (Lipinski definition) is 5. The van der Waals surface area contributed by atoms with E-state index in [2.05, 4.69) is 20.9 Å². The molecule has 1 aromatic heterocycles. The van der Waals surface area contributed by atoms with E-state index in [0.717, 1.165) is 11.6 Å². The molecule has 2 aromatic carbocycles. The Labute approximate surface area is 189 Å². The van der Waals surface area contributed by atoms with Crippen LogP contribution in [-0.4, -0.2) is 41.9 Å². The fourth-order valence-corrected chi connectivity index (χ4v) is 2.67. The molecule has 0 unspecified atom stereocenters. The molecule has 3 rings (SSSR count). The predicted octanol–water partition coefficient (Wildman–Crippen LogP) is 4.00. The number of halogens is 1. The Morgan fingerprint density at radius 1 is 1.00 bits per heavy atom. The summed E-state index contributed by atoms with van der Waals surface area (Å²) in [6.07, 6.45) is 1.45. The average molecular weight is 451 g/mol. The Kier molecular flexibility index (Phi) is 7.53. The third-order valence-corrected chi connectivity index (χ3v) is 4.25. The number of ether oxygens (including phenoxy) is 1. The molecule has 0 bridgehead atoms. The van der Waals surface area contributed by atoms with Crippen LogP contribution in [0.15, 0.2) is 66.9 Å². The van der Waals surface area contributed by atoms with E-state index < -0.39 is 17.8 Å². The zero-order valence-electron chi connectivity index (χ0n) is 18.0. The minimum atomic E-state index is -0.778. The summed E-state index contributed by atoms with van der Waals surface area (Å²) >= 11 is 0. The summed E-state index contributed by atoms with van der Waals surface area (Å²) in [6.45, 7) is 0. The van der Waals surface area contributed by atoms with Gasteiger partial charge in [-0.1, -0.05) is 30.3 Å². The van der Waals surface area contributed by atoms with Gasteiger partial charge in [-0.2, -0.15) is 0 Å². The van der Waals surface area contributed by atoms with Gasteiger partial charge in [0.15, 0.2) is 11.6 Å². The number of urea groups is 2. The van der Waals surface area contributed by atoms with E-state index in [9.17, 15) is 18.8 Å². The quantitative estimate of drug-likeness (QED) is 0.524. The number of nitrogens with zero attached hydrogens (tertiary/aromatic N) is 2. The number of anilines is 2. The first-order valence-corrected chi connectivity index (χ1v) is 9.86. The second-order valence-corrected chi connectivity index (χ2v) is 7.11. The van der Waals surface area contributed by atoms with Crippen LogP contribution in [0, 0.1) is 5.82 Å². The van der Waals surface area contributed by atoms with Crippen LogP contribution in [-0.2, 0) is 11.2 Å². The van der Waals surface area contributed by atoms with Crippen LogP contribution < -0.4 is 20.7 Å². The van der Waals surface area contributed by atoms with Gasteiger partial charge in [0.2, 0.25) is 5.91 Å². The number of amides is 5. The maximum absolute atomic E-state index is 14.5. The molecule has 170 valence electrons. The lowest BCUT2D eigenvalue weighted by Crippen LogP contribution is -2.35. The first-order valence-electron chi connectivity index (χ1n) is 9.86. The van der Waals surface area contributed by atoms with Crippen LogP contribution in [0.1, 0.15) is 5.56 Å². The lowest BCUT2D eigenvalue weighted by molar-refractivity contribution is -0.119. The maximum atomic E-state index is 14.5. The minimum Gasteiger partial charge on any atom is -0.454 e. The van der Waals surface area contributed by atoms with E-state index in [1.807, 2.05) is 6.07 Å². The molecule has 3 aromatic rings. The molecule has 0 saturated carbocycles. The highest BCUT2D eigenvalue weighted by Crippen LogP contribution is 2.27. The van der Waals surface area contributed by atoms with Gasteiger partial charge in [-0.25, -0.2) is 19.0 Å². The Balaban J connectivity index is 1.58. The predicted molar refractivity (Wildman–Crippen MR) is 121 cm³/mol. The van der Waals surface area contributed by atoms with Crippen LogP contribution in [0.25, 0.3) is 0 Å². The van der Waals surface area contributed by atoms with Crippen molar-refractivity contribution in [3.8, 4) is 11.5 Å². The van der Waals surface area contributed by atoms with Crippen molar-refractivity contribution in [3.05, 3.63) is 78.2 Å². The summed E-state index contributed by atoms with van der Waals surface area (Å²) in [7, 11) is 3.17. The van der Waals surface area contributed by atoms with Gasteiger partial charge in [-0.15, -0.1) is 0 Å². The summed E-state index contributed by atoms with van der Waals surface area (Å²) in [6, 6.07) is 14.6. The van der Waals surface area contributed by atoms with E-state index in [4.69, 9.17) is 4.74 Å². The van der Waals surface area contributed by atoms with Crippen LogP contribution in [0.4, 0.5) is 25.5 Å². The number of benzene rings is 2. The standard InChI is InChI=1S/C23H22FN5O4/c1-29(2)23(32)27-20-14-17(10-11-25-20)33-19-9-8-16(13-18(19)24)26-22(31)28-21(30)12-15-6-4-3-5-7-15/h3-11,13-14H,12H2,1-2H3,(H,25,27,32)(H2,26,28,30,31). The van der Waals surface area contributed by atoms with Crippen molar-refractivity contribution in [2.75, 3.05) is 24.7 Å². The molecule has 9 nitrogen and oxygen atoms in total. The monoisotopic (exact) mass is 451 g/mol. The molecular formula is C23H22FN5O4. The van der Waals surface area contributed by atoms with E-state index in [0.29, 0.717) is 0 Å². The summed E-state index contributed by atoms with van der Waals surface area (Å²) in [5, 5.41) is 7.16. The first-order chi connectivity index (χ1) is 15.8. The summed E-state index contributed by atoms with van der Waals surface area (Å²) in [5.41, 5.74) is 0.898. The molecule has 0 saturated heterocycles. The lowest BCUT2D eigenvalue weighted by Gasteiger charge is -2.13. The summed E-state index contributed by atoms with van der Waals surface area (Å²) in [5.74, 6) is -0.838. The molecule has 3 N–H and O–H groups in total. The van der Waals surface area contributed by atoms with E-state index in [1.165, 1.54) is 35.4 Å². The third kappa shape index (κ3) is 7.03. The van der Waals surface area contributed by atoms with Crippen molar-refractivity contribution in [3.63, 3.8) is 0 Å². The number of nitrogens with one attached hydrogen (secondary N) is 3. The zero-order chi connectivity index (χ0) is 23.8. The molecule has 0 atom stereocenters. The van der Waals surface area contributed by atoms with Crippen LogP contribution >= 0.6 is 0 Å². The van der Waals surface area contributed by atoms with Crippen molar-refractivity contribution in [2.24, 2.45) is 0 Å². The highest BCUT2D eigenvalue weighted by Gasteiger charge is 2.12. The van der Waals surface area contributed by atoms with Gasteiger partial charge in [-0.3, -0.25) is 15.4 Å². The number of imide groups is 1. The van der Waals surface area contributed by atoms with Crippen molar-refractivity contribution < 1.29 is 23.5 Å². The fraction of sp³-hybridized carbons (Fsp3) is 0.130. The molecule has 1 heterocycles. The Morgan fingerprint density at radius 2 is 1.76 bits per heavy atom. The second-order valence-electron chi connectivity index (χ2n) is 7.11. The number of aromatic nitrogens is 1. The zero-order valence-corrected chi connectivity index (χ0v) is 18.0. The molecule has 0 spiro atoms. The average Bonchev–Trinajstić information content (AvgIpc) is 2.76. The van der Waals surface area contributed by atoms with Gasteiger partial charge in [0.25, 0.3) is 0 Å². The molecular weight excluding hydrogens is 429 g/mol. The second kappa shape index (κ2) is 10.7. The number of pyridine rings is 1. The van der Waals surface area contributed by atoms with Crippen LogP contribution in [0.2, 0.25) is 0 Å². The molecule has 0 fully saturated rings. The molecule has 33 heavy (non-hydrogen) atoms. The summed E-state index contributed by atoms with van der Waals surface area (Å²) < 4.78 is 20.0. The normalized spacial score (nSPS) is 10.2. The SMILES string of the molecule is CN(C)C(=O)Nc1cc(Oc2ccc(NC(=O)NC(=O)Cc3ccccc3)cc2F)ccn1. The van der Waals surface area contributed by atoms with Gasteiger partial charge < -0.3 is 15.0 Å². The van der Waals surface area contributed by atoms with E-state index in [1.54, 1.807) is 38.4 Å². The Hall–Kier alpha value is -4.47. The van der Waals surface area contributed by atoms with Crippen molar-refractivity contribution >= 4 is 29.5 Å². The fourth-order valence-electron chi connectivity index (χ4n) is 2.67. The van der Waals surface area contributed by atoms with Gasteiger partial charge in [0.1, 0.15) is 11.6 Å². The Bertz CT molecular complexity index is 1150. The van der Waals surface area contributed by atoms with Crippen molar-refractivity contribution in [1.29, 1.82) is 0 Å². The number of carbonyl (C=O) groups is 3. The molecule has 0 aliphatic rings. The molecule has 5 amide bonds. The maximum Gasteiger partial charge on any atom is 0.325 e. The van der Waals surface area contributed by atoms with Gasteiger partial charge in [0.05, 0.1) is 6.42 Å². The topological polar surface area (TPSA) is 113 Å². The number of hydrogen-bond donors (Lipinski definition) is 3. The van der Waals surface area contributed by atoms with Gasteiger partial charge >= 0.3 is 12.1 Å². The lowest BCUT2D eigenvalue weighted by atomic mass is 10.1.